The Balaban J connectivity index is 2.04. The van der Waals surface area contributed by atoms with Crippen LogP contribution in [-0.2, 0) is 4.74 Å². The van der Waals surface area contributed by atoms with Gasteiger partial charge in [0.05, 0.1) is 5.60 Å². The van der Waals surface area contributed by atoms with Crippen molar-refractivity contribution in [3.05, 3.63) is 35.4 Å². The van der Waals surface area contributed by atoms with Crippen LogP contribution in [0.1, 0.15) is 31.4 Å². The van der Waals surface area contributed by atoms with Gasteiger partial charge in [-0.15, -0.1) is 0 Å². The predicted molar refractivity (Wildman–Crippen MR) is 74.4 cm³/mol. The molecule has 20 heavy (non-hydrogen) atoms. The Morgan fingerprint density at radius 1 is 1.45 bits per heavy atom. The van der Waals surface area contributed by atoms with Crippen LogP contribution in [0.25, 0.3) is 0 Å². The summed E-state index contributed by atoms with van der Waals surface area (Å²) in [6.07, 6.45) is 2.02. The van der Waals surface area contributed by atoms with E-state index in [1.54, 1.807) is 13.2 Å². The van der Waals surface area contributed by atoms with Crippen molar-refractivity contribution in [3.8, 4) is 0 Å². The minimum absolute atomic E-state index is 0.182. The number of rotatable bonds is 4. The Kier molecular flexibility index (Phi) is 4.73. The molecule has 1 aromatic rings. The Hall–Kier alpha value is -1.04. The van der Waals surface area contributed by atoms with Crippen molar-refractivity contribution in [1.29, 1.82) is 0 Å². The number of ether oxygens (including phenoxy) is 1. The Morgan fingerprint density at radius 3 is 2.90 bits per heavy atom. The van der Waals surface area contributed by atoms with Crippen LogP contribution < -0.4 is 5.73 Å². The Bertz CT molecular complexity index is 469. The molecular formula is C15H22F2N2O. The van der Waals surface area contributed by atoms with E-state index in [2.05, 4.69) is 11.8 Å². The third-order valence-electron chi connectivity index (χ3n) is 4.07. The molecule has 112 valence electrons. The van der Waals surface area contributed by atoms with E-state index in [9.17, 15) is 8.78 Å². The normalized spacial score (nSPS) is 25.6. The van der Waals surface area contributed by atoms with Gasteiger partial charge in [-0.05, 0) is 32.4 Å². The fourth-order valence-electron chi connectivity index (χ4n) is 2.81. The summed E-state index contributed by atoms with van der Waals surface area (Å²) in [5, 5.41) is 0. The van der Waals surface area contributed by atoms with Gasteiger partial charge in [0.2, 0.25) is 0 Å². The van der Waals surface area contributed by atoms with Crippen molar-refractivity contribution < 1.29 is 13.5 Å². The minimum Gasteiger partial charge on any atom is -0.377 e. The molecule has 1 aliphatic rings. The second-order valence-corrected chi connectivity index (χ2v) is 5.74. The van der Waals surface area contributed by atoms with Gasteiger partial charge in [-0.25, -0.2) is 8.78 Å². The highest BCUT2D eigenvalue weighted by molar-refractivity contribution is 5.22. The van der Waals surface area contributed by atoms with Gasteiger partial charge in [-0.3, -0.25) is 4.90 Å². The van der Waals surface area contributed by atoms with Gasteiger partial charge in [0, 0.05) is 31.8 Å². The number of halogens is 2. The maximum absolute atomic E-state index is 13.7. The third kappa shape index (κ3) is 3.34. The van der Waals surface area contributed by atoms with Gasteiger partial charge in [-0.1, -0.05) is 12.1 Å². The summed E-state index contributed by atoms with van der Waals surface area (Å²) in [4.78, 5) is 2.15. The van der Waals surface area contributed by atoms with Crippen LogP contribution in [0.3, 0.4) is 0 Å². The molecule has 1 aromatic carbocycles. The lowest BCUT2D eigenvalue weighted by molar-refractivity contribution is -0.0517. The largest absolute Gasteiger partial charge is 0.377 e. The molecule has 0 radical (unpaired) electrons. The van der Waals surface area contributed by atoms with E-state index in [1.165, 1.54) is 6.07 Å². The first-order valence-electron chi connectivity index (χ1n) is 6.92. The Labute approximate surface area is 118 Å². The number of benzene rings is 1. The molecule has 0 saturated carbocycles. The van der Waals surface area contributed by atoms with Gasteiger partial charge in [0.25, 0.3) is 0 Å². The molecule has 2 N–H and O–H groups in total. The van der Waals surface area contributed by atoms with E-state index in [0.717, 1.165) is 32.0 Å². The van der Waals surface area contributed by atoms with E-state index in [0.29, 0.717) is 6.54 Å². The van der Waals surface area contributed by atoms with Crippen LogP contribution in [0.15, 0.2) is 18.2 Å². The first-order chi connectivity index (χ1) is 9.45. The summed E-state index contributed by atoms with van der Waals surface area (Å²) in [5.41, 5.74) is 6.09. The number of nitrogens with zero attached hydrogens (tertiary/aromatic N) is 1. The van der Waals surface area contributed by atoms with Crippen LogP contribution in [0.5, 0.6) is 0 Å². The van der Waals surface area contributed by atoms with Gasteiger partial charge in [-0.2, -0.15) is 0 Å². The molecule has 1 heterocycles. The molecule has 2 unspecified atom stereocenters. The highest BCUT2D eigenvalue weighted by atomic mass is 19.2. The SMILES string of the molecule is COC1(C)CCCN(CC(N)c2cccc(F)c2F)C1. The monoisotopic (exact) mass is 284 g/mol. The average molecular weight is 284 g/mol. The van der Waals surface area contributed by atoms with E-state index in [1.807, 2.05) is 0 Å². The molecule has 0 bridgehead atoms. The number of hydrogen-bond donors (Lipinski definition) is 1. The van der Waals surface area contributed by atoms with E-state index >= 15 is 0 Å². The quantitative estimate of drug-likeness (QED) is 0.923. The maximum atomic E-state index is 13.7. The van der Waals surface area contributed by atoms with Gasteiger partial charge in [0.1, 0.15) is 0 Å². The molecule has 0 aromatic heterocycles. The highest BCUT2D eigenvalue weighted by Crippen LogP contribution is 2.26. The summed E-state index contributed by atoms with van der Waals surface area (Å²) < 4.78 is 32.5. The van der Waals surface area contributed by atoms with Crippen LogP contribution in [-0.4, -0.2) is 37.2 Å². The van der Waals surface area contributed by atoms with Crippen molar-refractivity contribution in [2.75, 3.05) is 26.7 Å². The zero-order valence-corrected chi connectivity index (χ0v) is 12.0. The lowest BCUT2D eigenvalue weighted by Gasteiger charge is -2.40. The number of hydrogen-bond acceptors (Lipinski definition) is 3. The zero-order chi connectivity index (χ0) is 14.8. The van der Waals surface area contributed by atoms with Gasteiger partial charge < -0.3 is 10.5 Å². The summed E-state index contributed by atoms with van der Waals surface area (Å²) in [6.45, 7) is 4.23. The standard InChI is InChI=1S/C15H22F2N2O/c1-15(20-2)7-4-8-19(10-15)9-13(18)11-5-3-6-12(16)14(11)17/h3,5-6,13H,4,7-10,18H2,1-2H3. The molecule has 1 fully saturated rings. The smallest absolute Gasteiger partial charge is 0.163 e. The summed E-state index contributed by atoms with van der Waals surface area (Å²) in [6, 6.07) is 3.60. The minimum atomic E-state index is -0.849. The molecular weight excluding hydrogens is 262 g/mol. The van der Waals surface area contributed by atoms with Crippen LogP contribution in [0.4, 0.5) is 8.78 Å². The van der Waals surface area contributed by atoms with E-state index in [-0.39, 0.29) is 11.2 Å². The van der Waals surface area contributed by atoms with E-state index < -0.39 is 17.7 Å². The van der Waals surface area contributed by atoms with Crippen molar-refractivity contribution in [1.82, 2.24) is 4.90 Å². The van der Waals surface area contributed by atoms with Gasteiger partial charge in [0.15, 0.2) is 11.6 Å². The van der Waals surface area contributed by atoms with Crippen LogP contribution in [0, 0.1) is 11.6 Å². The molecule has 1 saturated heterocycles. The second-order valence-electron chi connectivity index (χ2n) is 5.74. The molecule has 2 atom stereocenters. The van der Waals surface area contributed by atoms with Crippen molar-refractivity contribution >= 4 is 0 Å². The molecule has 5 heteroatoms. The van der Waals surface area contributed by atoms with Crippen molar-refractivity contribution in [2.45, 2.75) is 31.4 Å². The molecule has 2 rings (SSSR count). The van der Waals surface area contributed by atoms with Gasteiger partial charge >= 0.3 is 0 Å². The lowest BCUT2D eigenvalue weighted by atomic mass is 9.94. The Morgan fingerprint density at radius 2 is 2.20 bits per heavy atom. The topological polar surface area (TPSA) is 38.5 Å². The van der Waals surface area contributed by atoms with Crippen molar-refractivity contribution in [3.63, 3.8) is 0 Å². The fraction of sp³-hybridized carbons (Fsp3) is 0.600. The second kappa shape index (κ2) is 6.16. The molecule has 0 aliphatic carbocycles. The third-order valence-corrected chi connectivity index (χ3v) is 4.07. The summed E-state index contributed by atoms with van der Waals surface area (Å²) in [7, 11) is 1.70. The lowest BCUT2D eigenvalue weighted by Crippen LogP contribution is -2.49. The first kappa shape index (κ1) is 15.4. The van der Waals surface area contributed by atoms with Crippen molar-refractivity contribution in [2.24, 2.45) is 5.73 Å². The molecule has 3 nitrogen and oxygen atoms in total. The number of nitrogens with two attached hydrogens (primary N) is 1. The molecule has 1 aliphatic heterocycles. The summed E-state index contributed by atoms with van der Waals surface area (Å²) >= 11 is 0. The van der Waals surface area contributed by atoms with Crippen LogP contribution in [0.2, 0.25) is 0 Å². The van der Waals surface area contributed by atoms with Crippen LogP contribution >= 0.6 is 0 Å². The zero-order valence-electron chi connectivity index (χ0n) is 12.0. The predicted octanol–water partition coefficient (Wildman–Crippen LogP) is 2.47. The molecule has 0 spiro atoms. The summed E-state index contributed by atoms with van der Waals surface area (Å²) in [5.74, 6) is -1.69. The number of methoxy groups -OCH3 is 1. The van der Waals surface area contributed by atoms with E-state index in [4.69, 9.17) is 10.5 Å². The number of likely N-dealkylation sites (tertiary alicyclic amines) is 1. The fourth-order valence-corrected chi connectivity index (χ4v) is 2.81. The maximum Gasteiger partial charge on any atom is 0.163 e. The number of piperidine rings is 1. The highest BCUT2D eigenvalue weighted by Gasteiger charge is 2.31. The average Bonchev–Trinajstić information content (AvgIpc) is 2.42. The first-order valence-corrected chi connectivity index (χ1v) is 6.92. The molecule has 0 amide bonds.